The molecule has 6 atom stereocenters. The van der Waals surface area contributed by atoms with Gasteiger partial charge in [-0.1, -0.05) is 6.92 Å². The molecule has 5 fully saturated rings. The molecule has 0 aromatic heterocycles. The average molecular weight is 351 g/mol. The van der Waals surface area contributed by atoms with Gasteiger partial charge in [-0.05, 0) is 37.7 Å². The van der Waals surface area contributed by atoms with E-state index in [1.165, 1.54) is 12.0 Å². The van der Waals surface area contributed by atoms with Crippen molar-refractivity contribution >= 4 is 0 Å². The normalized spacial score (nSPS) is 49.8. The summed E-state index contributed by atoms with van der Waals surface area (Å²) in [6.45, 7) is 8.81. The van der Waals surface area contributed by atoms with Gasteiger partial charge in [0.05, 0.1) is 19.5 Å². The highest BCUT2D eigenvalue weighted by Gasteiger charge is 2.67. The molecule has 6 nitrogen and oxygen atoms in total. The quantitative estimate of drug-likeness (QED) is 0.712. The van der Waals surface area contributed by atoms with Crippen LogP contribution < -0.4 is 0 Å². The second kappa shape index (κ2) is 5.92. The highest BCUT2D eigenvalue weighted by atomic mass is 17.3. The van der Waals surface area contributed by atoms with Gasteiger partial charge in [0.15, 0.2) is 5.60 Å². The third kappa shape index (κ3) is 2.49. The molecule has 0 radical (unpaired) electrons. The van der Waals surface area contributed by atoms with Crippen LogP contribution >= 0.6 is 0 Å². The molecule has 2 bridgehead atoms. The van der Waals surface area contributed by atoms with Gasteiger partial charge in [0, 0.05) is 37.9 Å². The van der Waals surface area contributed by atoms with E-state index in [0.717, 1.165) is 52.1 Å². The summed E-state index contributed by atoms with van der Waals surface area (Å²) in [4.78, 5) is 14.5. The number of fused-ring (bicyclic) bond motifs is 2. The van der Waals surface area contributed by atoms with E-state index in [9.17, 15) is 0 Å². The summed E-state index contributed by atoms with van der Waals surface area (Å²) in [5, 5.41) is 0. The van der Waals surface area contributed by atoms with Gasteiger partial charge in [-0.15, -0.1) is 0 Å². The van der Waals surface area contributed by atoms with Gasteiger partial charge in [0.2, 0.25) is 12.1 Å². The van der Waals surface area contributed by atoms with Crippen LogP contribution in [0.3, 0.4) is 0 Å². The minimum absolute atomic E-state index is 0.304. The minimum atomic E-state index is -0.687. The van der Waals surface area contributed by atoms with E-state index in [2.05, 4.69) is 11.8 Å². The Hall–Kier alpha value is -0.660. The second-order valence-electron chi connectivity index (χ2n) is 8.57. The molecule has 25 heavy (non-hydrogen) atoms. The van der Waals surface area contributed by atoms with Crippen molar-refractivity contribution < 1.29 is 24.0 Å². The van der Waals surface area contributed by atoms with Gasteiger partial charge in [-0.25, -0.2) is 9.78 Å². The molecule has 0 amide bonds. The van der Waals surface area contributed by atoms with Crippen LogP contribution in [0.2, 0.25) is 0 Å². The fraction of sp³-hybridized carbons (Fsp3) is 0.895. The van der Waals surface area contributed by atoms with Crippen molar-refractivity contribution in [3.8, 4) is 0 Å². The van der Waals surface area contributed by atoms with Gasteiger partial charge >= 0.3 is 0 Å². The minimum Gasteiger partial charge on any atom is -0.469 e. The van der Waals surface area contributed by atoms with E-state index in [1.54, 1.807) is 0 Å². The van der Waals surface area contributed by atoms with E-state index in [0.29, 0.717) is 17.8 Å². The first kappa shape index (κ1) is 16.5. The number of ether oxygens (including phenoxy) is 3. The predicted molar refractivity (Wildman–Crippen MR) is 89.2 cm³/mol. The van der Waals surface area contributed by atoms with Crippen molar-refractivity contribution in [3.63, 3.8) is 0 Å². The molecular weight excluding hydrogens is 322 g/mol. The first-order valence-electron chi connectivity index (χ1n) is 9.80. The predicted octanol–water partition coefficient (Wildman–Crippen LogP) is 2.45. The fourth-order valence-electron chi connectivity index (χ4n) is 5.59. The van der Waals surface area contributed by atoms with Crippen LogP contribution in [0.15, 0.2) is 11.8 Å². The molecule has 5 heterocycles. The zero-order chi connectivity index (χ0) is 17.1. The maximum Gasteiger partial charge on any atom is 0.235 e. The van der Waals surface area contributed by atoms with Crippen LogP contribution in [0.1, 0.15) is 39.5 Å². The Bertz CT molecular complexity index is 562. The maximum atomic E-state index is 6.27. The standard InChI is InChI=1S/C19H29NO5/c1-13-3-4-16-14(11-20-7-9-21-10-8-20)12-22-17-19(16)15(13)5-6-18(2,23-17)24-25-19/h12-13,15-17H,3-11H2,1-2H3/t13-,15+,16+,17-,18-,19-/m1/s1. The molecule has 140 valence electrons. The zero-order valence-electron chi connectivity index (χ0n) is 15.2. The second-order valence-corrected chi connectivity index (χ2v) is 8.57. The smallest absolute Gasteiger partial charge is 0.235 e. The first-order chi connectivity index (χ1) is 12.1. The van der Waals surface area contributed by atoms with E-state index >= 15 is 0 Å². The molecule has 5 aliphatic heterocycles. The van der Waals surface area contributed by atoms with Crippen molar-refractivity contribution in [2.75, 3.05) is 32.8 Å². The number of rotatable bonds is 2. The highest BCUT2D eigenvalue weighted by Crippen LogP contribution is 2.59. The van der Waals surface area contributed by atoms with Gasteiger partial charge < -0.3 is 14.2 Å². The number of hydrogen-bond donors (Lipinski definition) is 0. The van der Waals surface area contributed by atoms with Crippen molar-refractivity contribution in [1.29, 1.82) is 0 Å². The van der Waals surface area contributed by atoms with Crippen molar-refractivity contribution in [3.05, 3.63) is 11.8 Å². The van der Waals surface area contributed by atoms with Crippen molar-refractivity contribution in [2.24, 2.45) is 17.8 Å². The molecule has 0 unspecified atom stereocenters. The summed E-state index contributed by atoms with van der Waals surface area (Å²) < 4.78 is 17.9. The molecule has 6 aliphatic rings. The third-order valence-corrected chi connectivity index (χ3v) is 7.02. The molecule has 1 aliphatic carbocycles. The molecule has 0 N–H and O–H groups in total. The lowest BCUT2D eigenvalue weighted by molar-refractivity contribution is -0.555. The van der Waals surface area contributed by atoms with Crippen LogP contribution in [0, 0.1) is 17.8 Å². The molecule has 6 rings (SSSR count). The van der Waals surface area contributed by atoms with Crippen LogP contribution in [0.5, 0.6) is 0 Å². The van der Waals surface area contributed by atoms with Gasteiger partial charge in [-0.2, -0.15) is 0 Å². The molecule has 0 aromatic rings. The average Bonchev–Trinajstić information content (AvgIpc) is 2.85. The fourth-order valence-corrected chi connectivity index (χ4v) is 5.59. The summed E-state index contributed by atoms with van der Waals surface area (Å²) in [5.74, 6) is 0.622. The number of nitrogens with zero attached hydrogens (tertiary/aromatic N) is 1. The molecular formula is C19H29NO5. The molecule has 0 aromatic carbocycles. The highest BCUT2D eigenvalue weighted by molar-refractivity contribution is 5.22. The Labute approximate surface area is 149 Å². The van der Waals surface area contributed by atoms with Crippen molar-refractivity contribution in [1.82, 2.24) is 4.90 Å². The van der Waals surface area contributed by atoms with Crippen LogP contribution in [0.4, 0.5) is 0 Å². The number of hydrogen-bond acceptors (Lipinski definition) is 6. The maximum absolute atomic E-state index is 6.27. The molecule has 6 heteroatoms. The largest absolute Gasteiger partial charge is 0.469 e. The molecule has 1 spiro atoms. The van der Waals surface area contributed by atoms with Crippen LogP contribution in [-0.4, -0.2) is 55.4 Å². The summed E-state index contributed by atoms with van der Waals surface area (Å²) >= 11 is 0. The summed E-state index contributed by atoms with van der Waals surface area (Å²) in [5.41, 5.74) is 0.831. The SMILES string of the molecule is C[C@@H]1CC[C@H]2C(CN3CCOCC3)=CO[C@@H]3O[C@@]4(C)CC[C@@H]1[C@]32OO4. The number of morpholine rings is 1. The zero-order valence-corrected chi connectivity index (χ0v) is 15.2. The monoisotopic (exact) mass is 351 g/mol. The summed E-state index contributed by atoms with van der Waals surface area (Å²) in [6.07, 6.45) is 5.85. The Balaban J connectivity index is 1.48. The Morgan fingerprint density at radius 1 is 1.16 bits per heavy atom. The van der Waals surface area contributed by atoms with E-state index < -0.39 is 11.4 Å². The lowest BCUT2D eigenvalue weighted by Crippen LogP contribution is -2.66. The van der Waals surface area contributed by atoms with E-state index in [1.807, 2.05) is 13.2 Å². The Morgan fingerprint density at radius 2 is 2.00 bits per heavy atom. The molecule has 1 saturated carbocycles. The van der Waals surface area contributed by atoms with Gasteiger partial charge in [-0.3, -0.25) is 4.90 Å². The van der Waals surface area contributed by atoms with E-state index in [-0.39, 0.29) is 6.29 Å². The third-order valence-electron chi connectivity index (χ3n) is 7.02. The Kier molecular flexibility index (Phi) is 3.91. The first-order valence-corrected chi connectivity index (χ1v) is 9.80. The van der Waals surface area contributed by atoms with Crippen molar-refractivity contribution in [2.45, 2.75) is 57.2 Å². The lowest BCUT2D eigenvalue weighted by atomic mass is 9.60. The van der Waals surface area contributed by atoms with Gasteiger partial charge in [0.25, 0.3) is 0 Å². The van der Waals surface area contributed by atoms with E-state index in [4.69, 9.17) is 24.0 Å². The molecule has 4 saturated heterocycles. The van der Waals surface area contributed by atoms with Crippen LogP contribution in [0.25, 0.3) is 0 Å². The summed E-state index contributed by atoms with van der Waals surface area (Å²) in [6, 6.07) is 0. The lowest BCUT2D eigenvalue weighted by Gasteiger charge is -2.56. The van der Waals surface area contributed by atoms with Gasteiger partial charge in [0.1, 0.15) is 0 Å². The summed E-state index contributed by atoms with van der Waals surface area (Å²) in [7, 11) is 0. The Morgan fingerprint density at radius 3 is 2.84 bits per heavy atom. The topological polar surface area (TPSA) is 49.4 Å². The van der Waals surface area contributed by atoms with Crippen LogP contribution in [-0.2, 0) is 24.0 Å².